The van der Waals surface area contributed by atoms with Crippen molar-refractivity contribution in [2.45, 2.75) is 44.8 Å². The lowest BCUT2D eigenvalue weighted by Crippen LogP contribution is -2.36. The van der Waals surface area contributed by atoms with Crippen molar-refractivity contribution in [1.29, 1.82) is 0 Å². The van der Waals surface area contributed by atoms with Crippen molar-refractivity contribution in [3.05, 3.63) is 76.8 Å². The third-order valence-electron chi connectivity index (χ3n) is 5.33. The number of halogens is 3. The number of nitrogens with one attached hydrogen (secondary N) is 1. The van der Waals surface area contributed by atoms with Crippen LogP contribution in [0.5, 0.6) is 11.6 Å². The van der Waals surface area contributed by atoms with Crippen LogP contribution >= 0.6 is 0 Å². The quantitative estimate of drug-likeness (QED) is 0.513. The third kappa shape index (κ3) is 6.00. The molecule has 1 aliphatic carbocycles. The van der Waals surface area contributed by atoms with Crippen molar-refractivity contribution in [1.82, 2.24) is 15.5 Å². The molecule has 3 aromatic rings. The first-order valence-corrected chi connectivity index (χ1v) is 10.5. The second kappa shape index (κ2) is 9.48. The Bertz CT molecular complexity index is 1140. The first-order valence-electron chi connectivity index (χ1n) is 10.5. The van der Waals surface area contributed by atoms with Gasteiger partial charge in [-0.1, -0.05) is 28.9 Å². The summed E-state index contributed by atoms with van der Waals surface area (Å²) in [4.78, 5) is 16.0. The van der Waals surface area contributed by atoms with Crippen LogP contribution < -0.4 is 10.1 Å². The Morgan fingerprint density at radius 3 is 2.61 bits per heavy atom. The minimum absolute atomic E-state index is 0.0699. The number of nitrogens with zero attached hydrogens (tertiary/aromatic N) is 2. The Morgan fingerprint density at radius 1 is 1.18 bits per heavy atom. The summed E-state index contributed by atoms with van der Waals surface area (Å²) in [5, 5.41) is 6.72. The van der Waals surface area contributed by atoms with E-state index in [1.165, 1.54) is 11.6 Å². The Labute approximate surface area is 188 Å². The predicted molar refractivity (Wildman–Crippen MR) is 115 cm³/mol. The molecule has 1 fully saturated rings. The molecule has 33 heavy (non-hydrogen) atoms. The minimum atomic E-state index is -4.44. The van der Waals surface area contributed by atoms with E-state index in [1.807, 2.05) is 18.2 Å². The average Bonchev–Trinajstić information content (AvgIpc) is 3.22. The highest BCUT2D eigenvalue weighted by atomic mass is 19.4. The largest absolute Gasteiger partial charge is 0.439 e. The molecule has 1 amide bonds. The van der Waals surface area contributed by atoms with E-state index in [4.69, 9.17) is 9.26 Å². The second-order valence-corrected chi connectivity index (χ2v) is 7.94. The van der Waals surface area contributed by atoms with E-state index in [0.29, 0.717) is 11.4 Å². The van der Waals surface area contributed by atoms with Crippen LogP contribution in [-0.4, -0.2) is 22.1 Å². The molecule has 0 bridgehead atoms. The van der Waals surface area contributed by atoms with Gasteiger partial charge < -0.3 is 14.6 Å². The van der Waals surface area contributed by atoms with Crippen molar-refractivity contribution in [2.75, 3.05) is 0 Å². The zero-order valence-electron chi connectivity index (χ0n) is 17.9. The number of amides is 1. The number of hydrogen-bond acceptors (Lipinski definition) is 5. The van der Waals surface area contributed by atoms with Crippen molar-refractivity contribution in [3.63, 3.8) is 0 Å². The van der Waals surface area contributed by atoms with Gasteiger partial charge in [-0.2, -0.15) is 13.2 Å². The lowest BCUT2D eigenvalue weighted by atomic mass is 9.89. The Morgan fingerprint density at radius 2 is 1.97 bits per heavy atom. The number of aryl methyl sites for hydroxylation is 1. The average molecular weight is 457 g/mol. The van der Waals surface area contributed by atoms with Gasteiger partial charge in [0.1, 0.15) is 5.75 Å². The molecule has 0 aliphatic heterocycles. The number of carbonyl (C=O) groups excluding carboxylic acids is 1. The standard InChI is InChI=1S/C24H22F3N3O3/c1-15-11-21(33-30-15)23(31)29-19-8-5-16(6-9-19)12-17-3-2-4-20(13-17)32-22-10-7-18(14-28-22)24(25,26)27/h2-4,7,10-14,19H,5-6,8-9H2,1H3,(H,29,31). The summed E-state index contributed by atoms with van der Waals surface area (Å²) >= 11 is 0. The molecule has 0 spiro atoms. The second-order valence-electron chi connectivity index (χ2n) is 7.94. The number of aromatic nitrogens is 2. The van der Waals surface area contributed by atoms with Crippen LogP contribution in [0.3, 0.4) is 0 Å². The summed E-state index contributed by atoms with van der Waals surface area (Å²) in [6.45, 7) is 1.76. The molecular weight excluding hydrogens is 435 g/mol. The predicted octanol–water partition coefficient (Wildman–Crippen LogP) is 5.95. The van der Waals surface area contributed by atoms with Gasteiger partial charge in [0.2, 0.25) is 11.6 Å². The fourth-order valence-corrected chi connectivity index (χ4v) is 3.64. The van der Waals surface area contributed by atoms with Crippen molar-refractivity contribution >= 4 is 12.0 Å². The topological polar surface area (TPSA) is 77.2 Å². The van der Waals surface area contributed by atoms with Gasteiger partial charge in [-0.15, -0.1) is 0 Å². The molecule has 4 rings (SSSR count). The molecule has 2 heterocycles. The SMILES string of the molecule is Cc1cc(C(=O)NC2CCC(=Cc3cccc(Oc4ccc(C(F)(F)F)cn4)c3)CC2)on1. The number of pyridine rings is 1. The number of benzene rings is 1. The summed E-state index contributed by atoms with van der Waals surface area (Å²) in [7, 11) is 0. The molecule has 0 radical (unpaired) electrons. The fourth-order valence-electron chi connectivity index (χ4n) is 3.64. The molecule has 1 saturated carbocycles. The summed E-state index contributed by atoms with van der Waals surface area (Å²) < 4.78 is 48.6. The fraction of sp³-hybridized carbons (Fsp3) is 0.292. The van der Waals surface area contributed by atoms with Gasteiger partial charge in [0, 0.05) is 24.4 Å². The molecule has 0 unspecified atom stereocenters. The van der Waals surface area contributed by atoms with E-state index >= 15 is 0 Å². The van der Waals surface area contributed by atoms with Gasteiger partial charge in [-0.3, -0.25) is 4.79 Å². The maximum absolute atomic E-state index is 12.7. The Hall–Kier alpha value is -3.62. The molecule has 172 valence electrons. The van der Waals surface area contributed by atoms with Gasteiger partial charge in [0.05, 0.1) is 11.3 Å². The van der Waals surface area contributed by atoms with Crippen LogP contribution in [0.4, 0.5) is 13.2 Å². The first-order chi connectivity index (χ1) is 15.8. The Kier molecular flexibility index (Phi) is 6.48. The molecule has 0 saturated heterocycles. The van der Waals surface area contributed by atoms with Gasteiger partial charge in [0.25, 0.3) is 5.91 Å². The first kappa shape index (κ1) is 22.6. The zero-order chi connectivity index (χ0) is 23.4. The molecular formula is C24H22F3N3O3. The van der Waals surface area contributed by atoms with Crippen molar-refractivity contribution in [3.8, 4) is 11.6 Å². The molecule has 1 aliphatic rings. The summed E-state index contributed by atoms with van der Waals surface area (Å²) in [5.41, 5.74) is 2.01. The lowest BCUT2D eigenvalue weighted by molar-refractivity contribution is -0.137. The number of allylic oxidation sites excluding steroid dienone is 1. The van der Waals surface area contributed by atoms with Crippen LogP contribution in [0.2, 0.25) is 0 Å². The third-order valence-corrected chi connectivity index (χ3v) is 5.33. The van der Waals surface area contributed by atoms with Crippen LogP contribution in [0.15, 0.2) is 58.8 Å². The van der Waals surface area contributed by atoms with E-state index in [0.717, 1.165) is 43.5 Å². The van der Waals surface area contributed by atoms with Gasteiger partial charge >= 0.3 is 6.18 Å². The number of alkyl halides is 3. The van der Waals surface area contributed by atoms with E-state index in [2.05, 4.69) is 21.5 Å². The van der Waals surface area contributed by atoms with Gasteiger partial charge in [-0.05, 0) is 56.4 Å². The lowest BCUT2D eigenvalue weighted by Gasteiger charge is -2.24. The van der Waals surface area contributed by atoms with Gasteiger partial charge in [0.15, 0.2) is 0 Å². The number of rotatable bonds is 5. The molecule has 9 heteroatoms. The maximum Gasteiger partial charge on any atom is 0.417 e. The highest BCUT2D eigenvalue weighted by Crippen LogP contribution is 2.31. The van der Waals surface area contributed by atoms with E-state index in [1.54, 1.807) is 19.1 Å². The van der Waals surface area contributed by atoms with Crippen LogP contribution in [0, 0.1) is 6.92 Å². The number of carbonyl (C=O) groups is 1. The van der Waals surface area contributed by atoms with Crippen molar-refractivity contribution in [2.24, 2.45) is 0 Å². The summed E-state index contributed by atoms with van der Waals surface area (Å²) in [5.74, 6) is 0.536. The van der Waals surface area contributed by atoms with E-state index in [-0.39, 0.29) is 23.6 Å². The highest BCUT2D eigenvalue weighted by Gasteiger charge is 2.30. The monoisotopic (exact) mass is 457 g/mol. The zero-order valence-corrected chi connectivity index (χ0v) is 17.9. The van der Waals surface area contributed by atoms with Crippen LogP contribution in [-0.2, 0) is 6.18 Å². The molecule has 0 atom stereocenters. The molecule has 6 nitrogen and oxygen atoms in total. The minimum Gasteiger partial charge on any atom is -0.439 e. The smallest absolute Gasteiger partial charge is 0.417 e. The molecule has 1 N–H and O–H groups in total. The Balaban J connectivity index is 1.33. The van der Waals surface area contributed by atoms with E-state index in [9.17, 15) is 18.0 Å². The molecule has 1 aromatic carbocycles. The van der Waals surface area contributed by atoms with Crippen LogP contribution in [0.1, 0.15) is 53.1 Å². The molecule has 2 aromatic heterocycles. The summed E-state index contributed by atoms with van der Waals surface area (Å²) in [6.07, 6.45) is 1.70. The highest BCUT2D eigenvalue weighted by molar-refractivity contribution is 5.91. The van der Waals surface area contributed by atoms with Gasteiger partial charge in [-0.25, -0.2) is 4.98 Å². The van der Waals surface area contributed by atoms with E-state index < -0.39 is 11.7 Å². The summed E-state index contributed by atoms with van der Waals surface area (Å²) in [6, 6.07) is 11.1. The number of ether oxygens (including phenoxy) is 1. The van der Waals surface area contributed by atoms with Crippen molar-refractivity contribution < 1.29 is 27.2 Å². The van der Waals surface area contributed by atoms with Crippen LogP contribution in [0.25, 0.3) is 6.08 Å². The maximum atomic E-state index is 12.7. The number of hydrogen-bond donors (Lipinski definition) is 1. The normalized spacial score (nSPS) is 16.4.